The highest BCUT2D eigenvalue weighted by atomic mass is 31.2. The van der Waals surface area contributed by atoms with E-state index in [4.69, 9.17) is 4.52 Å². The third kappa shape index (κ3) is 16.2. The molecular formula is C33H61O5P. The summed E-state index contributed by atoms with van der Waals surface area (Å²) in [6, 6.07) is 3.96. The van der Waals surface area contributed by atoms with Crippen LogP contribution < -0.4 is 0 Å². The summed E-state index contributed by atoms with van der Waals surface area (Å²) in [5, 5.41) is 11.0. The molecule has 228 valence electrons. The van der Waals surface area contributed by atoms with Gasteiger partial charge in [0.15, 0.2) is 0 Å². The van der Waals surface area contributed by atoms with Crippen molar-refractivity contribution in [3.05, 3.63) is 28.8 Å². The molecule has 0 heterocycles. The van der Waals surface area contributed by atoms with Crippen molar-refractivity contribution in [3.63, 3.8) is 0 Å². The number of unbranched alkanes of at least 4 members (excludes halogenated alkanes) is 14. The van der Waals surface area contributed by atoms with E-state index < -0.39 is 13.9 Å². The number of aromatic hydroxyl groups is 1. The first-order chi connectivity index (χ1) is 18.1. The van der Waals surface area contributed by atoms with Crippen LogP contribution in [0.4, 0.5) is 0 Å². The number of phosphoric ester groups is 1. The van der Waals surface area contributed by atoms with E-state index in [2.05, 4.69) is 48.5 Å². The fraction of sp³-hybridized carbons (Fsp3) is 0.818. The Hall–Kier alpha value is -0.870. The molecule has 39 heavy (non-hydrogen) atoms. The molecule has 0 saturated carbocycles. The Morgan fingerprint density at radius 3 is 1.38 bits per heavy atom. The molecule has 1 atom stereocenters. The van der Waals surface area contributed by atoms with Crippen molar-refractivity contribution in [1.29, 1.82) is 0 Å². The molecule has 0 fully saturated rings. The van der Waals surface area contributed by atoms with Gasteiger partial charge in [-0.25, -0.2) is 4.57 Å². The van der Waals surface area contributed by atoms with Crippen LogP contribution in [-0.2, 0) is 26.3 Å². The molecule has 0 amide bonds. The molecule has 0 aromatic heterocycles. The number of phosphoric acid groups is 1. The van der Waals surface area contributed by atoms with Crippen LogP contribution in [0.3, 0.4) is 0 Å². The van der Waals surface area contributed by atoms with Crippen molar-refractivity contribution < 1.29 is 24.0 Å². The van der Waals surface area contributed by atoms with Crippen LogP contribution in [0.1, 0.15) is 168 Å². The van der Waals surface area contributed by atoms with Gasteiger partial charge >= 0.3 is 7.82 Å². The van der Waals surface area contributed by atoms with E-state index in [1.165, 1.54) is 77.0 Å². The summed E-state index contributed by atoms with van der Waals surface area (Å²) in [5.41, 5.74) is 2.14. The first kappa shape index (κ1) is 36.2. The summed E-state index contributed by atoms with van der Waals surface area (Å²) >= 11 is 0. The van der Waals surface area contributed by atoms with E-state index in [0.29, 0.717) is 18.6 Å². The Bertz CT molecular complexity index is 812. The average molecular weight is 569 g/mol. The molecule has 6 heteroatoms. The molecule has 0 aliphatic heterocycles. The van der Waals surface area contributed by atoms with Gasteiger partial charge in [0.25, 0.3) is 0 Å². The van der Waals surface area contributed by atoms with E-state index >= 15 is 0 Å². The van der Waals surface area contributed by atoms with Crippen LogP contribution in [0.25, 0.3) is 0 Å². The molecule has 0 aliphatic carbocycles. The molecule has 0 spiro atoms. The van der Waals surface area contributed by atoms with Gasteiger partial charge in [-0.2, -0.15) is 0 Å². The largest absolute Gasteiger partial charge is 0.507 e. The van der Waals surface area contributed by atoms with Gasteiger partial charge in [0, 0.05) is 0 Å². The van der Waals surface area contributed by atoms with Gasteiger partial charge in [-0.1, -0.05) is 157 Å². The van der Waals surface area contributed by atoms with Crippen molar-refractivity contribution in [2.24, 2.45) is 0 Å². The predicted molar refractivity (Wildman–Crippen MR) is 166 cm³/mol. The van der Waals surface area contributed by atoms with E-state index in [0.717, 1.165) is 36.0 Å². The number of phenolic OH excluding ortho intramolecular Hbond substituents is 1. The molecule has 1 aromatic carbocycles. The Morgan fingerprint density at radius 2 is 1.05 bits per heavy atom. The lowest BCUT2D eigenvalue weighted by molar-refractivity contribution is 0.124. The Kier molecular flexibility index (Phi) is 16.5. The van der Waals surface area contributed by atoms with Crippen LogP contribution in [-0.4, -0.2) is 21.0 Å². The van der Waals surface area contributed by atoms with Gasteiger partial charge in [-0.3, -0.25) is 4.52 Å². The van der Waals surface area contributed by atoms with Crippen LogP contribution >= 0.6 is 7.82 Å². The lowest BCUT2D eigenvalue weighted by Gasteiger charge is -2.29. The topological polar surface area (TPSA) is 87.0 Å². The average Bonchev–Trinajstić information content (AvgIpc) is 2.80. The predicted octanol–water partition coefficient (Wildman–Crippen LogP) is 10.3. The summed E-state index contributed by atoms with van der Waals surface area (Å²) in [5.74, 6) is 0.314. The maximum absolute atomic E-state index is 11.7. The van der Waals surface area contributed by atoms with E-state index in [1.807, 2.05) is 12.1 Å². The smallest absolute Gasteiger partial charge is 0.469 e. The highest BCUT2D eigenvalue weighted by Gasteiger charge is 2.28. The zero-order valence-corrected chi connectivity index (χ0v) is 27.3. The summed E-state index contributed by atoms with van der Waals surface area (Å²) < 4.78 is 17.0. The van der Waals surface area contributed by atoms with E-state index in [-0.39, 0.29) is 10.8 Å². The van der Waals surface area contributed by atoms with Crippen molar-refractivity contribution in [1.82, 2.24) is 0 Å². The molecule has 0 aliphatic rings. The zero-order chi connectivity index (χ0) is 29.5. The number of hydrogen-bond donors (Lipinski definition) is 3. The van der Waals surface area contributed by atoms with E-state index in [9.17, 15) is 19.5 Å². The second-order valence-electron chi connectivity index (χ2n) is 13.7. The van der Waals surface area contributed by atoms with Gasteiger partial charge in [-0.15, -0.1) is 0 Å². The van der Waals surface area contributed by atoms with Crippen LogP contribution in [0, 0.1) is 0 Å². The summed E-state index contributed by atoms with van der Waals surface area (Å²) in [6.45, 7) is 14.7. The lowest BCUT2D eigenvalue weighted by Crippen LogP contribution is -2.20. The fourth-order valence-electron chi connectivity index (χ4n) is 5.35. The third-order valence-electron chi connectivity index (χ3n) is 7.67. The maximum Gasteiger partial charge on any atom is 0.469 e. The third-order valence-corrected chi connectivity index (χ3v) is 8.24. The van der Waals surface area contributed by atoms with E-state index in [1.54, 1.807) is 0 Å². The van der Waals surface area contributed by atoms with Crippen molar-refractivity contribution in [2.75, 3.05) is 0 Å². The SMILES string of the molecule is CCCCCCCCCCCCCCCCCC(Cc1cc(C(C)(C)C)c(O)c(C(C)(C)C)c1)OP(=O)(O)O. The highest BCUT2D eigenvalue weighted by Crippen LogP contribution is 2.42. The molecular weight excluding hydrogens is 507 g/mol. The highest BCUT2D eigenvalue weighted by molar-refractivity contribution is 7.46. The summed E-state index contributed by atoms with van der Waals surface area (Å²) in [7, 11) is -4.60. The minimum atomic E-state index is -4.60. The van der Waals surface area contributed by atoms with Crippen molar-refractivity contribution >= 4 is 7.82 Å². The molecule has 1 aromatic rings. The fourth-order valence-corrected chi connectivity index (χ4v) is 5.92. The first-order valence-corrected chi connectivity index (χ1v) is 17.3. The van der Waals surface area contributed by atoms with Crippen LogP contribution in [0.15, 0.2) is 12.1 Å². The Morgan fingerprint density at radius 1 is 0.692 bits per heavy atom. The van der Waals surface area contributed by atoms with Gasteiger partial charge in [0.2, 0.25) is 0 Å². The molecule has 0 radical (unpaired) electrons. The molecule has 5 nitrogen and oxygen atoms in total. The number of benzene rings is 1. The van der Waals surface area contributed by atoms with Gasteiger partial charge in [-0.05, 0) is 40.4 Å². The number of rotatable bonds is 20. The second-order valence-corrected chi connectivity index (χ2v) is 14.9. The standard InChI is InChI=1S/C33H61O5P/c1-8-9-10-11-12-13-14-15-16-17-18-19-20-21-22-23-28(38-39(35,36)37)24-27-25-29(32(2,3)4)31(34)30(26-27)33(5,6)7/h25-26,28,34H,8-24H2,1-7H3,(H2,35,36,37). The zero-order valence-electron chi connectivity index (χ0n) is 26.4. The van der Waals surface area contributed by atoms with Gasteiger partial charge in [0.1, 0.15) is 5.75 Å². The molecule has 1 unspecified atom stereocenters. The molecule has 3 N–H and O–H groups in total. The Labute approximate surface area is 240 Å². The van der Waals surface area contributed by atoms with Gasteiger partial charge < -0.3 is 14.9 Å². The molecule has 1 rings (SSSR count). The minimum absolute atomic E-state index is 0.256. The number of phenols is 1. The van der Waals surface area contributed by atoms with Crippen LogP contribution in [0.5, 0.6) is 5.75 Å². The number of hydrogen-bond acceptors (Lipinski definition) is 3. The first-order valence-electron chi connectivity index (χ1n) is 15.8. The molecule has 0 saturated heterocycles. The van der Waals surface area contributed by atoms with Crippen molar-refractivity contribution in [2.45, 2.75) is 175 Å². The maximum atomic E-state index is 11.7. The minimum Gasteiger partial charge on any atom is -0.507 e. The quantitative estimate of drug-likeness (QED) is 0.108. The second kappa shape index (κ2) is 17.8. The molecule has 0 bridgehead atoms. The monoisotopic (exact) mass is 568 g/mol. The van der Waals surface area contributed by atoms with Crippen LogP contribution in [0.2, 0.25) is 0 Å². The Balaban J connectivity index is 2.52. The summed E-state index contributed by atoms with van der Waals surface area (Å²) in [6.07, 6.45) is 19.7. The van der Waals surface area contributed by atoms with Crippen molar-refractivity contribution in [3.8, 4) is 5.75 Å². The normalized spacial score (nSPS) is 13.7. The summed E-state index contributed by atoms with van der Waals surface area (Å²) in [4.78, 5) is 19.1. The lowest BCUT2D eigenvalue weighted by atomic mass is 9.78. The van der Waals surface area contributed by atoms with Gasteiger partial charge in [0.05, 0.1) is 6.10 Å².